The number of anilines is 1. The fourth-order valence-electron chi connectivity index (χ4n) is 2.30. The van der Waals surface area contributed by atoms with Crippen molar-refractivity contribution in [1.29, 1.82) is 0 Å². The molecule has 0 saturated heterocycles. The Hall–Kier alpha value is -1.31. The predicted octanol–water partition coefficient (Wildman–Crippen LogP) is 3.21. The predicted molar refractivity (Wildman–Crippen MR) is 98.1 cm³/mol. The molecule has 0 heterocycles. The van der Waals surface area contributed by atoms with Crippen LogP contribution in [-0.4, -0.2) is 51.7 Å². The summed E-state index contributed by atoms with van der Waals surface area (Å²) in [5.74, 6) is 0.693. The summed E-state index contributed by atoms with van der Waals surface area (Å²) >= 11 is 0. The van der Waals surface area contributed by atoms with E-state index >= 15 is 0 Å². The van der Waals surface area contributed by atoms with Gasteiger partial charge in [0.1, 0.15) is 5.75 Å². The van der Waals surface area contributed by atoms with Gasteiger partial charge in [0, 0.05) is 7.05 Å². The summed E-state index contributed by atoms with van der Waals surface area (Å²) in [5, 5.41) is 0. The van der Waals surface area contributed by atoms with Crippen molar-refractivity contribution >= 4 is 16.0 Å². The topological polar surface area (TPSA) is 70.1 Å². The molecule has 138 valence electrons. The third-order valence-corrected chi connectivity index (χ3v) is 4.80. The molecule has 0 aliphatic rings. The summed E-state index contributed by atoms with van der Waals surface area (Å²) < 4.78 is 37.5. The Morgan fingerprint density at radius 3 is 2.12 bits per heavy atom. The van der Waals surface area contributed by atoms with Crippen molar-refractivity contribution in [1.82, 2.24) is 4.90 Å². The Morgan fingerprint density at radius 1 is 1.00 bits per heavy atom. The standard InChI is InChI=1S/C17H30N2O4S/c1-4-5-6-13-18(2)14-7-8-15-23-17-11-9-16(10-12-17)19(3)24(20,21)22/h9-12H,4-8,13-15H2,1-3H3,(H,20,21,22). The molecule has 24 heavy (non-hydrogen) atoms. The van der Waals surface area contributed by atoms with Gasteiger partial charge in [0.05, 0.1) is 12.3 Å². The Labute approximate surface area is 146 Å². The molecule has 0 saturated carbocycles. The molecule has 0 aliphatic heterocycles. The van der Waals surface area contributed by atoms with Crippen LogP contribution in [0.4, 0.5) is 5.69 Å². The second-order valence-electron chi connectivity index (χ2n) is 6.01. The number of benzene rings is 1. The molecule has 0 spiro atoms. The van der Waals surface area contributed by atoms with E-state index in [1.54, 1.807) is 24.3 Å². The Balaban J connectivity index is 2.24. The quantitative estimate of drug-likeness (QED) is 0.459. The fourth-order valence-corrected chi connectivity index (χ4v) is 2.69. The molecule has 0 aromatic heterocycles. The minimum atomic E-state index is -4.22. The van der Waals surface area contributed by atoms with E-state index in [4.69, 9.17) is 9.29 Å². The SMILES string of the molecule is CCCCCN(C)CCCCOc1ccc(N(C)S(=O)(=O)O)cc1. The molecule has 0 unspecified atom stereocenters. The van der Waals surface area contributed by atoms with E-state index in [9.17, 15) is 8.42 Å². The van der Waals surface area contributed by atoms with Gasteiger partial charge >= 0.3 is 10.3 Å². The van der Waals surface area contributed by atoms with E-state index in [0.29, 0.717) is 18.0 Å². The van der Waals surface area contributed by atoms with Gasteiger partial charge in [0.25, 0.3) is 0 Å². The van der Waals surface area contributed by atoms with E-state index in [-0.39, 0.29) is 0 Å². The Morgan fingerprint density at radius 2 is 1.58 bits per heavy atom. The van der Waals surface area contributed by atoms with Gasteiger partial charge in [-0.1, -0.05) is 19.8 Å². The van der Waals surface area contributed by atoms with Crippen LogP contribution in [0.25, 0.3) is 0 Å². The van der Waals surface area contributed by atoms with Crippen molar-refractivity contribution < 1.29 is 17.7 Å². The second kappa shape index (κ2) is 10.5. The van der Waals surface area contributed by atoms with E-state index in [1.165, 1.54) is 26.3 Å². The van der Waals surface area contributed by atoms with E-state index in [0.717, 1.165) is 30.2 Å². The molecule has 0 radical (unpaired) electrons. The zero-order valence-corrected chi connectivity index (χ0v) is 15.8. The smallest absolute Gasteiger partial charge is 0.359 e. The highest BCUT2D eigenvalue weighted by Gasteiger charge is 2.13. The summed E-state index contributed by atoms with van der Waals surface area (Å²) in [4.78, 5) is 2.36. The van der Waals surface area contributed by atoms with Crippen molar-refractivity contribution in [3.05, 3.63) is 24.3 Å². The van der Waals surface area contributed by atoms with Crippen LogP contribution in [0.2, 0.25) is 0 Å². The van der Waals surface area contributed by atoms with Gasteiger partial charge in [-0.05, 0) is 63.7 Å². The molecule has 1 aromatic carbocycles. The van der Waals surface area contributed by atoms with Gasteiger partial charge in [-0.3, -0.25) is 8.86 Å². The van der Waals surface area contributed by atoms with Gasteiger partial charge in [-0.25, -0.2) is 0 Å². The first kappa shape index (κ1) is 20.7. The maximum absolute atomic E-state index is 11.0. The van der Waals surface area contributed by atoms with Gasteiger partial charge in [0.15, 0.2) is 0 Å². The first-order valence-corrected chi connectivity index (χ1v) is 9.87. The molecule has 0 atom stereocenters. The molecule has 0 bridgehead atoms. The summed E-state index contributed by atoms with van der Waals surface area (Å²) in [6.45, 7) is 5.07. The lowest BCUT2D eigenvalue weighted by Gasteiger charge is -2.16. The molecule has 1 aromatic rings. The zero-order chi connectivity index (χ0) is 18.0. The van der Waals surface area contributed by atoms with Gasteiger partial charge in [-0.15, -0.1) is 0 Å². The van der Waals surface area contributed by atoms with Crippen LogP contribution in [0.5, 0.6) is 5.75 Å². The first-order chi connectivity index (χ1) is 11.3. The highest BCUT2D eigenvalue weighted by molar-refractivity contribution is 7.87. The lowest BCUT2D eigenvalue weighted by atomic mass is 10.2. The Kier molecular flexibility index (Phi) is 9.10. The van der Waals surface area contributed by atoms with Crippen LogP contribution < -0.4 is 9.04 Å². The highest BCUT2D eigenvalue weighted by atomic mass is 32.2. The van der Waals surface area contributed by atoms with Crippen molar-refractivity contribution in [3.63, 3.8) is 0 Å². The minimum absolute atomic E-state index is 0.388. The van der Waals surface area contributed by atoms with Gasteiger partial charge in [0.2, 0.25) is 0 Å². The maximum atomic E-state index is 11.0. The summed E-state index contributed by atoms with van der Waals surface area (Å²) in [7, 11) is -0.774. The van der Waals surface area contributed by atoms with E-state index < -0.39 is 10.3 Å². The third-order valence-electron chi connectivity index (χ3n) is 3.89. The average Bonchev–Trinajstić information content (AvgIpc) is 2.54. The van der Waals surface area contributed by atoms with Crippen LogP contribution in [-0.2, 0) is 10.3 Å². The molecule has 6 nitrogen and oxygen atoms in total. The van der Waals surface area contributed by atoms with Crippen LogP contribution in [0.1, 0.15) is 39.0 Å². The number of unbranched alkanes of at least 4 members (excludes halogenated alkanes) is 3. The maximum Gasteiger partial charge on any atom is 0.359 e. The molecule has 7 heteroatoms. The second-order valence-corrected chi connectivity index (χ2v) is 7.45. The minimum Gasteiger partial charge on any atom is -0.494 e. The summed E-state index contributed by atoms with van der Waals surface area (Å²) in [6, 6.07) is 6.61. The zero-order valence-electron chi connectivity index (χ0n) is 14.9. The number of rotatable bonds is 12. The summed E-state index contributed by atoms with van der Waals surface area (Å²) in [5.41, 5.74) is 0.388. The Bertz CT molecular complexity index is 560. The van der Waals surface area contributed by atoms with Crippen LogP contribution in [0.15, 0.2) is 24.3 Å². The first-order valence-electron chi connectivity index (χ1n) is 8.47. The molecule has 1 rings (SSSR count). The van der Waals surface area contributed by atoms with Crippen LogP contribution in [0.3, 0.4) is 0 Å². The average molecular weight is 359 g/mol. The third kappa shape index (κ3) is 7.99. The lowest BCUT2D eigenvalue weighted by Crippen LogP contribution is -2.25. The number of nitrogens with zero attached hydrogens (tertiary/aromatic N) is 2. The lowest BCUT2D eigenvalue weighted by molar-refractivity contribution is 0.276. The number of ether oxygens (including phenoxy) is 1. The van der Waals surface area contributed by atoms with Gasteiger partial charge < -0.3 is 9.64 Å². The van der Waals surface area contributed by atoms with Crippen molar-refractivity contribution in [2.24, 2.45) is 0 Å². The van der Waals surface area contributed by atoms with E-state index in [1.807, 2.05) is 0 Å². The van der Waals surface area contributed by atoms with Crippen LogP contribution >= 0.6 is 0 Å². The summed E-state index contributed by atoms with van der Waals surface area (Å²) in [6.07, 6.45) is 5.86. The largest absolute Gasteiger partial charge is 0.494 e. The normalized spacial score (nSPS) is 11.7. The number of hydrogen-bond acceptors (Lipinski definition) is 4. The van der Waals surface area contributed by atoms with Crippen LogP contribution in [0, 0.1) is 0 Å². The van der Waals surface area contributed by atoms with Crippen molar-refractivity contribution in [2.45, 2.75) is 39.0 Å². The molecular formula is C17H30N2O4S. The molecule has 1 N–H and O–H groups in total. The molecule has 0 amide bonds. The molecule has 0 fully saturated rings. The monoisotopic (exact) mass is 358 g/mol. The van der Waals surface area contributed by atoms with Crippen molar-refractivity contribution in [2.75, 3.05) is 38.1 Å². The molecule has 0 aliphatic carbocycles. The van der Waals surface area contributed by atoms with Gasteiger partial charge in [-0.2, -0.15) is 8.42 Å². The highest BCUT2D eigenvalue weighted by Crippen LogP contribution is 2.20. The fraction of sp³-hybridized carbons (Fsp3) is 0.647. The van der Waals surface area contributed by atoms with E-state index in [2.05, 4.69) is 18.9 Å². The van der Waals surface area contributed by atoms with Crippen molar-refractivity contribution in [3.8, 4) is 5.75 Å². The number of hydrogen-bond donors (Lipinski definition) is 1. The molecular weight excluding hydrogens is 328 g/mol.